The number of halogens is 1. The summed E-state index contributed by atoms with van der Waals surface area (Å²) >= 11 is 0. The molecule has 2 atom stereocenters. The second kappa shape index (κ2) is 5.94. The highest BCUT2D eigenvalue weighted by molar-refractivity contribution is 5.82. The van der Waals surface area contributed by atoms with E-state index in [0.717, 1.165) is 0 Å². The molecule has 0 saturated carbocycles. The van der Waals surface area contributed by atoms with Gasteiger partial charge in [0.2, 0.25) is 0 Å². The first-order valence-corrected chi connectivity index (χ1v) is 7.17. The first-order chi connectivity index (χ1) is 10.2. The molecule has 2 rings (SSSR count). The summed E-state index contributed by atoms with van der Waals surface area (Å²) in [6, 6.07) is 4.72. The third-order valence-corrected chi connectivity index (χ3v) is 3.58. The number of carbonyl (C=O) groups excluding carboxylic acids is 1. The predicted molar refractivity (Wildman–Crippen MR) is 78.1 cm³/mol. The van der Waals surface area contributed by atoms with E-state index in [1.807, 2.05) is 0 Å². The smallest absolute Gasteiger partial charge is 0.411 e. The van der Waals surface area contributed by atoms with Crippen molar-refractivity contribution in [2.45, 2.75) is 44.8 Å². The maximum atomic E-state index is 13.0. The van der Waals surface area contributed by atoms with Crippen LogP contribution in [0.4, 0.5) is 9.18 Å². The molecule has 0 bridgehead atoms. The normalized spacial score (nSPS) is 21.7. The van der Waals surface area contributed by atoms with Gasteiger partial charge in [0, 0.05) is 12.5 Å². The van der Waals surface area contributed by atoms with Crippen LogP contribution in [-0.2, 0) is 9.53 Å². The lowest BCUT2D eigenvalue weighted by Crippen LogP contribution is -2.45. The number of likely N-dealkylation sites (tertiary alicyclic amines) is 1. The number of rotatable bonds is 2. The number of carboxylic acids is 1. The monoisotopic (exact) mass is 309 g/mol. The lowest BCUT2D eigenvalue weighted by atomic mass is 9.92. The van der Waals surface area contributed by atoms with E-state index in [2.05, 4.69) is 0 Å². The van der Waals surface area contributed by atoms with E-state index in [0.29, 0.717) is 18.5 Å². The van der Waals surface area contributed by atoms with Crippen molar-refractivity contribution in [2.24, 2.45) is 0 Å². The Morgan fingerprint density at radius 1 is 1.27 bits per heavy atom. The summed E-state index contributed by atoms with van der Waals surface area (Å²) < 4.78 is 18.3. The van der Waals surface area contributed by atoms with Gasteiger partial charge in [0.15, 0.2) is 0 Å². The molecular formula is C16H20FNO4. The average molecular weight is 309 g/mol. The minimum absolute atomic E-state index is 0.300. The number of aliphatic carboxylic acids is 1. The summed E-state index contributed by atoms with van der Waals surface area (Å²) in [5, 5.41) is 9.49. The largest absolute Gasteiger partial charge is 0.480 e. The minimum Gasteiger partial charge on any atom is -0.480 e. The molecule has 120 valence electrons. The molecule has 0 radical (unpaired) electrons. The van der Waals surface area contributed by atoms with Crippen LogP contribution in [0.2, 0.25) is 0 Å². The van der Waals surface area contributed by atoms with Gasteiger partial charge in [0.1, 0.15) is 17.5 Å². The van der Waals surface area contributed by atoms with E-state index in [9.17, 15) is 19.1 Å². The molecule has 0 aliphatic carbocycles. The number of nitrogens with zero attached hydrogens (tertiary/aromatic N) is 1. The summed E-state index contributed by atoms with van der Waals surface area (Å²) in [7, 11) is 0. The number of hydrogen-bond donors (Lipinski definition) is 1. The predicted octanol–water partition coefficient (Wildman–Crippen LogP) is 3.00. The van der Waals surface area contributed by atoms with Gasteiger partial charge < -0.3 is 9.84 Å². The Hall–Kier alpha value is -2.11. The number of carboxylic acid groups (broad SMARTS) is 1. The van der Waals surface area contributed by atoms with Crippen LogP contribution in [0.15, 0.2) is 24.3 Å². The van der Waals surface area contributed by atoms with Gasteiger partial charge in [-0.15, -0.1) is 0 Å². The first kappa shape index (κ1) is 16.3. The molecule has 1 aliphatic rings. The van der Waals surface area contributed by atoms with Crippen molar-refractivity contribution < 1.29 is 23.8 Å². The maximum absolute atomic E-state index is 13.0. The molecule has 22 heavy (non-hydrogen) atoms. The maximum Gasteiger partial charge on any atom is 0.411 e. The Morgan fingerprint density at radius 3 is 2.36 bits per heavy atom. The molecule has 0 aromatic heterocycles. The van der Waals surface area contributed by atoms with Gasteiger partial charge in [-0.25, -0.2) is 14.0 Å². The quantitative estimate of drug-likeness (QED) is 0.912. The zero-order valence-corrected chi connectivity index (χ0v) is 12.9. The van der Waals surface area contributed by atoms with Gasteiger partial charge >= 0.3 is 12.1 Å². The molecule has 1 aromatic rings. The molecular weight excluding hydrogens is 289 g/mol. The van der Waals surface area contributed by atoms with Crippen LogP contribution >= 0.6 is 0 Å². The molecule has 1 aliphatic heterocycles. The van der Waals surface area contributed by atoms with Crippen molar-refractivity contribution >= 4 is 12.1 Å². The third-order valence-electron chi connectivity index (χ3n) is 3.58. The summed E-state index contributed by atoms with van der Waals surface area (Å²) in [4.78, 5) is 25.0. The standard InChI is InChI=1S/C16H20FNO4/c1-16(2,3)22-15(21)18-9-8-12(13(18)14(19)20)10-4-6-11(17)7-5-10/h4-7,12-13H,8-9H2,1-3H3,(H,19,20)/t12-,13+/m0/s1. The first-order valence-electron chi connectivity index (χ1n) is 7.17. The zero-order valence-electron chi connectivity index (χ0n) is 12.9. The van der Waals surface area contributed by atoms with Crippen LogP contribution in [0.1, 0.15) is 38.7 Å². The molecule has 0 spiro atoms. The van der Waals surface area contributed by atoms with Crippen molar-refractivity contribution in [3.8, 4) is 0 Å². The van der Waals surface area contributed by atoms with Crippen LogP contribution in [-0.4, -0.2) is 40.3 Å². The van der Waals surface area contributed by atoms with E-state index in [-0.39, 0.29) is 11.7 Å². The Morgan fingerprint density at radius 2 is 1.86 bits per heavy atom. The second-order valence-corrected chi connectivity index (χ2v) is 6.40. The lowest BCUT2D eigenvalue weighted by molar-refractivity contribution is -0.142. The van der Waals surface area contributed by atoms with Crippen LogP contribution < -0.4 is 0 Å². The topological polar surface area (TPSA) is 66.8 Å². The van der Waals surface area contributed by atoms with Crippen LogP contribution in [0.3, 0.4) is 0 Å². The van der Waals surface area contributed by atoms with E-state index in [1.165, 1.54) is 17.0 Å². The SMILES string of the molecule is CC(C)(C)OC(=O)N1CC[C@@H](c2ccc(F)cc2)[C@@H]1C(=O)O. The molecule has 0 unspecified atom stereocenters. The van der Waals surface area contributed by atoms with Gasteiger partial charge in [-0.3, -0.25) is 4.90 Å². The Labute approximate surface area is 128 Å². The van der Waals surface area contributed by atoms with Crippen LogP contribution in [0.5, 0.6) is 0 Å². The fourth-order valence-electron chi connectivity index (χ4n) is 2.68. The number of carbonyl (C=O) groups is 2. The molecule has 1 N–H and O–H groups in total. The molecule has 1 heterocycles. The molecule has 1 fully saturated rings. The highest BCUT2D eigenvalue weighted by Gasteiger charge is 2.44. The van der Waals surface area contributed by atoms with Gasteiger partial charge in [0.05, 0.1) is 0 Å². The molecule has 1 aromatic carbocycles. The van der Waals surface area contributed by atoms with E-state index >= 15 is 0 Å². The molecule has 1 saturated heterocycles. The summed E-state index contributed by atoms with van der Waals surface area (Å²) in [6.45, 7) is 5.49. The van der Waals surface area contributed by atoms with Crippen LogP contribution in [0.25, 0.3) is 0 Å². The highest BCUT2D eigenvalue weighted by atomic mass is 19.1. The van der Waals surface area contributed by atoms with Gasteiger partial charge in [-0.05, 0) is 44.9 Å². The van der Waals surface area contributed by atoms with Gasteiger partial charge in [0.25, 0.3) is 0 Å². The summed E-state index contributed by atoms with van der Waals surface area (Å²) in [6.07, 6.45) is -0.133. The summed E-state index contributed by atoms with van der Waals surface area (Å²) in [5.74, 6) is -1.83. The molecule has 1 amide bonds. The number of amides is 1. The molecule has 6 heteroatoms. The number of benzene rings is 1. The fraction of sp³-hybridized carbons (Fsp3) is 0.500. The van der Waals surface area contributed by atoms with E-state index in [1.54, 1.807) is 32.9 Å². The lowest BCUT2D eigenvalue weighted by Gasteiger charge is -2.28. The Kier molecular flexibility index (Phi) is 4.39. The second-order valence-electron chi connectivity index (χ2n) is 6.40. The van der Waals surface area contributed by atoms with Crippen molar-refractivity contribution in [3.63, 3.8) is 0 Å². The minimum atomic E-state index is -1.09. The third kappa shape index (κ3) is 3.55. The average Bonchev–Trinajstić information content (AvgIpc) is 2.82. The van der Waals surface area contributed by atoms with Crippen molar-refractivity contribution in [3.05, 3.63) is 35.6 Å². The van der Waals surface area contributed by atoms with Crippen LogP contribution in [0, 0.1) is 5.82 Å². The number of ether oxygens (including phenoxy) is 1. The summed E-state index contributed by atoms with van der Waals surface area (Å²) in [5.41, 5.74) is 0.0218. The number of hydrogen-bond acceptors (Lipinski definition) is 3. The van der Waals surface area contributed by atoms with E-state index < -0.39 is 23.7 Å². The van der Waals surface area contributed by atoms with Gasteiger partial charge in [-0.2, -0.15) is 0 Å². The Balaban J connectivity index is 2.23. The highest BCUT2D eigenvalue weighted by Crippen LogP contribution is 2.34. The van der Waals surface area contributed by atoms with E-state index in [4.69, 9.17) is 4.74 Å². The van der Waals surface area contributed by atoms with Crippen molar-refractivity contribution in [2.75, 3.05) is 6.54 Å². The van der Waals surface area contributed by atoms with Crippen molar-refractivity contribution in [1.82, 2.24) is 4.90 Å². The molecule has 5 nitrogen and oxygen atoms in total. The van der Waals surface area contributed by atoms with Crippen molar-refractivity contribution in [1.29, 1.82) is 0 Å². The fourth-order valence-corrected chi connectivity index (χ4v) is 2.68. The Bertz CT molecular complexity index is 565. The zero-order chi connectivity index (χ0) is 16.5. The van der Waals surface area contributed by atoms with Gasteiger partial charge in [-0.1, -0.05) is 12.1 Å².